The Hall–Kier alpha value is -2.12. The van der Waals surface area contributed by atoms with Crippen molar-refractivity contribution in [3.8, 4) is 0 Å². The van der Waals surface area contributed by atoms with Crippen LogP contribution in [0.1, 0.15) is 5.82 Å². The molecule has 3 N–H and O–H groups in total. The maximum Gasteiger partial charge on any atom is 0.323 e. The van der Waals surface area contributed by atoms with E-state index >= 15 is 0 Å². The number of H-pyrrole nitrogens is 1. The van der Waals surface area contributed by atoms with Gasteiger partial charge in [-0.05, 0) is 0 Å². The van der Waals surface area contributed by atoms with E-state index in [-0.39, 0.29) is 6.54 Å². The molecule has 8 heteroatoms. The van der Waals surface area contributed by atoms with Gasteiger partial charge in [-0.1, -0.05) is 0 Å². The van der Waals surface area contributed by atoms with E-state index in [4.69, 9.17) is 5.11 Å². The first kappa shape index (κ1) is 11.0. The molecule has 0 fully saturated rings. The lowest BCUT2D eigenvalue weighted by molar-refractivity contribution is -0.135. The average molecular weight is 213 g/mol. The van der Waals surface area contributed by atoms with E-state index in [9.17, 15) is 9.59 Å². The molecule has 1 heterocycles. The first-order chi connectivity index (χ1) is 7.09. The minimum Gasteiger partial charge on any atom is -0.480 e. The highest BCUT2D eigenvalue weighted by atomic mass is 16.4. The summed E-state index contributed by atoms with van der Waals surface area (Å²) in [6.07, 6.45) is 1.33. The van der Waals surface area contributed by atoms with Gasteiger partial charge in [-0.3, -0.25) is 9.89 Å². The van der Waals surface area contributed by atoms with E-state index in [0.29, 0.717) is 5.82 Å². The van der Waals surface area contributed by atoms with E-state index in [0.717, 1.165) is 0 Å². The van der Waals surface area contributed by atoms with Crippen LogP contribution in [-0.4, -0.2) is 50.8 Å². The fourth-order valence-electron chi connectivity index (χ4n) is 0.890. The van der Waals surface area contributed by atoms with Gasteiger partial charge in [-0.25, -0.2) is 9.78 Å². The number of amides is 2. The van der Waals surface area contributed by atoms with Crippen molar-refractivity contribution in [2.24, 2.45) is 0 Å². The second-order valence-electron chi connectivity index (χ2n) is 2.84. The molecule has 8 nitrogen and oxygen atoms in total. The number of aromatic amines is 1. The molecule has 0 atom stereocenters. The number of nitrogens with one attached hydrogen (secondary N) is 2. The molecule has 0 aliphatic heterocycles. The topological polar surface area (TPSA) is 111 Å². The van der Waals surface area contributed by atoms with Crippen molar-refractivity contribution in [1.29, 1.82) is 0 Å². The highest BCUT2D eigenvalue weighted by Crippen LogP contribution is 1.93. The smallest absolute Gasteiger partial charge is 0.323 e. The fourth-order valence-corrected chi connectivity index (χ4v) is 0.890. The van der Waals surface area contributed by atoms with Gasteiger partial charge in [0.1, 0.15) is 18.7 Å². The monoisotopic (exact) mass is 213 g/mol. The standard InChI is InChI=1S/C7H11N5O3/c1-12(3-5-9-4-10-11-5)7(15)8-2-6(13)14/h4H,2-3H2,1H3,(H,8,15)(H,13,14)(H,9,10,11). The number of carboxylic acids is 1. The third-order valence-corrected chi connectivity index (χ3v) is 1.59. The Bertz CT molecular complexity index is 336. The lowest BCUT2D eigenvalue weighted by Crippen LogP contribution is -2.39. The third-order valence-electron chi connectivity index (χ3n) is 1.59. The molecular weight excluding hydrogens is 202 g/mol. The number of nitrogens with zero attached hydrogens (tertiary/aromatic N) is 3. The van der Waals surface area contributed by atoms with E-state index in [1.807, 2.05) is 0 Å². The predicted molar refractivity (Wildman–Crippen MR) is 48.9 cm³/mol. The zero-order valence-electron chi connectivity index (χ0n) is 8.10. The molecule has 0 spiro atoms. The van der Waals surface area contributed by atoms with Crippen molar-refractivity contribution in [1.82, 2.24) is 25.4 Å². The summed E-state index contributed by atoms with van der Waals surface area (Å²) in [5.74, 6) is -0.556. The molecule has 15 heavy (non-hydrogen) atoms. The molecule has 82 valence electrons. The van der Waals surface area contributed by atoms with Crippen LogP contribution in [0.4, 0.5) is 4.79 Å². The fraction of sp³-hybridized carbons (Fsp3) is 0.429. The van der Waals surface area contributed by atoms with E-state index in [1.165, 1.54) is 18.3 Å². The molecule has 0 radical (unpaired) electrons. The Kier molecular flexibility index (Phi) is 3.61. The van der Waals surface area contributed by atoms with Gasteiger partial charge in [0.2, 0.25) is 0 Å². The largest absolute Gasteiger partial charge is 0.480 e. The minimum absolute atomic E-state index is 0.242. The number of hydrogen-bond acceptors (Lipinski definition) is 4. The number of carboxylic acid groups (broad SMARTS) is 1. The van der Waals surface area contributed by atoms with Crippen molar-refractivity contribution in [3.63, 3.8) is 0 Å². The van der Waals surface area contributed by atoms with E-state index in [1.54, 1.807) is 0 Å². The summed E-state index contributed by atoms with van der Waals surface area (Å²) in [6, 6.07) is -0.478. The number of carbonyl (C=O) groups is 2. The molecule has 1 aromatic heterocycles. The van der Waals surface area contributed by atoms with E-state index in [2.05, 4.69) is 20.5 Å². The Morgan fingerprint density at radius 1 is 1.67 bits per heavy atom. The van der Waals surface area contributed by atoms with Crippen LogP contribution < -0.4 is 5.32 Å². The van der Waals surface area contributed by atoms with Crippen molar-refractivity contribution >= 4 is 12.0 Å². The van der Waals surface area contributed by atoms with Crippen LogP contribution in [0.25, 0.3) is 0 Å². The van der Waals surface area contributed by atoms with Gasteiger partial charge in [-0.15, -0.1) is 0 Å². The molecule has 1 aromatic rings. The van der Waals surface area contributed by atoms with Crippen LogP contribution in [0, 0.1) is 0 Å². The first-order valence-electron chi connectivity index (χ1n) is 4.14. The van der Waals surface area contributed by atoms with Crippen LogP contribution >= 0.6 is 0 Å². The zero-order chi connectivity index (χ0) is 11.3. The van der Waals surface area contributed by atoms with Crippen molar-refractivity contribution in [2.75, 3.05) is 13.6 Å². The molecule has 0 saturated heterocycles. The quantitative estimate of drug-likeness (QED) is 0.596. The van der Waals surface area contributed by atoms with Gasteiger partial charge in [0.25, 0.3) is 0 Å². The van der Waals surface area contributed by atoms with Gasteiger partial charge >= 0.3 is 12.0 Å². The lowest BCUT2D eigenvalue weighted by Gasteiger charge is -2.15. The SMILES string of the molecule is CN(Cc1ncn[nH]1)C(=O)NCC(=O)O. The molecule has 0 aromatic carbocycles. The molecule has 0 bridgehead atoms. The normalized spacial score (nSPS) is 9.67. The molecule has 0 unspecified atom stereocenters. The van der Waals surface area contributed by atoms with Crippen LogP contribution in [0.15, 0.2) is 6.33 Å². The number of aliphatic carboxylic acids is 1. The predicted octanol–water partition coefficient (Wildman–Crippen LogP) is -0.969. The molecule has 0 aliphatic rings. The maximum absolute atomic E-state index is 11.3. The van der Waals surface area contributed by atoms with Crippen molar-refractivity contribution < 1.29 is 14.7 Å². The van der Waals surface area contributed by atoms with Crippen LogP contribution in [0.3, 0.4) is 0 Å². The molecule has 1 rings (SSSR count). The van der Waals surface area contributed by atoms with Gasteiger partial charge in [0.15, 0.2) is 0 Å². The minimum atomic E-state index is -1.09. The number of hydrogen-bond donors (Lipinski definition) is 3. The second-order valence-corrected chi connectivity index (χ2v) is 2.84. The van der Waals surface area contributed by atoms with Crippen molar-refractivity contribution in [2.45, 2.75) is 6.54 Å². The Morgan fingerprint density at radius 3 is 2.93 bits per heavy atom. The van der Waals surface area contributed by atoms with Gasteiger partial charge in [0.05, 0.1) is 6.54 Å². The molecular formula is C7H11N5O3. The lowest BCUT2D eigenvalue weighted by atomic mass is 10.5. The highest BCUT2D eigenvalue weighted by molar-refractivity contribution is 5.79. The van der Waals surface area contributed by atoms with Crippen LogP contribution in [-0.2, 0) is 11.3 Å². The summed E-state index contributed by atoms with van der Waals surface area (Å²) < 4.78 is 0. The van der Waals surface area contributed by atoms with Gasteiger partial charge in [0, 0.05) is 7.05 Å². The van der Waals surface area contributed by atoms with E-state index < -0.39 is 18.5 Å². The first-order valence-corrected chi connectivity index (χ1v) is 4.14. The maximum atomic E-state index is 11.3. The molecule has 0 saturated carbocycles. The second kappa shape index (κ2) is 4.94. The number of rotatable bonds is 4. The average Bonchev–Trinajstić information content (AvgIpc) is 2.66. The highest BCUT2D eigenvalue weighted by Gasteiger charge is 2.10. The number of carbonyl (C=O) groups excluding carboxylic acids is 1. The third kappa shape index (κ3) is 3.63. The summed E-state index contributed by atoms with van der Waals surface area (Å²) in [6.45, 7) is -0.162. The molecule has 0 aliphatic carbocycles. The summed E-state index contributed by atoms with van der Waals surface area (Å²) in [5, 5.41) is 16.8. The number of aromatic nitrogens is 3. The van der Waals surface area contributed by atoms with Gasteiger partial charge in [-0.2, -0.15) is 5.10 Å². The summed E-state index contributed by atoms with van der Waals surface area (Å²) in [4.78, 5) is 26.6. The zero-order valence-corrected chi connectivity index (χ0v) is 8.10. The number of urea groups is 1. The molecule has 2 amide bonds. The summed E-state index contributed by atoms with van der Waals surface area (Å²) in [5.41, 5.74) is 0. The summed E-state index contributed by atoms with van der Waals surface area (Å²) in [7, 11) is 1.53. The van der Waals surface area contributed by atoms with Crippen LogP contribution in [0.2, 0.25) is 0 Å². The Morgan fingerprint density at radius 2 is 2.40 bits per heavy atom. The van der Waals surface area contributed by atoms with Gasteiger partial charge < -0.3 is 15.3 Å². The summed E-state index contributed by atoms with van der Waals surface area (Å²) >= 11 is 0. The Labute approximate surface area is 85.3 Å². The van der Waals surface area contributed by atoms with Crippen molar-refractivity contribution in [3.05, 3.63) is 12.2 Å². The Balaban J connectivity index is 2.36. The van der Waals surface area contributed by atoms with Crippen LogP contribution in [0.5, 0.6) is 0 Å².